The van der Waals surface area contributed by atoms with E-state index >= 15 is 0 Å². The molecule has 1 fully saturated rings. The molecule has 18 heavy (non-hydrogen) atoms. The van der Waals surface area contributed by atoms with E-state index in [9.17, 15) is 10.1 Å². The topological polar surface area (TPSA) is 73.0 Å². The Kier molecular flexibility index (Phi) is 4.30. The zero-order valence-electron chi connectivity index (χ0n) is 10.7. The molecular formula is C12H20N4O2. The Labute approximate surface area is 107 Å². The Morgan fingerprint density at radius 2 is 2.33 bits per heavy atom. The second kappa shape index (κ2) is 5.95. The molecule has 1 aromatic rings. The van der Waals surface area contributed by atoms with Gasteiger partial charge in [-0.1, -0.05) is 19.8 Å². The van der Waals surface area contributed by atoms with E-state index in [1.165, 1.54) is 31.7 Å². The van der Waals surface area contributed by atoms with Crippen LogP contribution < -0.4 is 5.32 Å². The lowest BCUT2D eigenvalue weighted by Gasteiger charge is -2.29. The zero-order chi connectivity index (χ0) is 13.0. The van der Waals surface area contributed by atoms with Crippen molar-refractivity contribution in [3.63, 3.8) is 0 Å². The molecule has 0 bridgehead atoms. The molecule has 1 N–H and O–H groups in total. The van der Waals surface area contributed by atoms with Crippen LogP contribution in [0.15, 0.2) is 12.3 Å². The number of hydrogen-bond acceptors (Lipinski definition) is 4. The van der Waals surface area contributed by atoms with Gasteiger partial charge in [-0.15, -0.1) is 0 Å². The Hall–Kier alpha value is -1.43. The molecule has 1 heterocycles. The van der Waals surface area contributed by atoms with E-state index in [0.29, 0.717) is 12.6 Å². The first-order valence-electron chi connectivity index (χ1n) is 6.58. The van der Waals surface area contributed by atoms with Gasteiger partial charge < -0.3 is 15.4 Å². The van der Waals surface area contributed by atoms with E-state index in [0.717, 1.165) is 12.5 Å². The second-order valence-corrected chi connectivity index (χ2v) is 5.02. The summed E-state index contributed by atoms with van der Waals surface area (Å²) in [6.07, 6.45) is 6.83. The Bertz CT molecular complexity index is 405. The fourth-order valence-corrected chi connectivity index (χ4v) is 2.56. The van der Waals surface area contributed by atoms with Gasteiger partial charge in [0.2, 0.25) is 0 Å². The second-order valence-electron chi connectivity index (χ2n) is 5.02. The molecule has 1 saturated carbocycles. The maximum Gasteiger partial charge on any atom is 0.389 e. The SMILES string of the molecule is C[C@@H]1CCCC[C@@H]1NCCn1ccc([N+](=O)[O-])n1. The Balaban J connectivity index is 1.75. The van der Waals surface area contributed by atoms with Gasteiger partial charge in [0, 0.05) is 12.6 Å². The number of hydrogen-bond donors (Lipinski definition) is 1. The highest BCUT2D eigenvalue weighted by atomic mass is 16.6. The summed E-state index contributed by atoms with van der Waals surface area (Å²) in [5, 5.41) is 17.9. The predicted octanol–water partition coefficient (Wildman–Crippen LogP) is 1.96. The van der Waals surface area contributed by atoms with E-state index < -0.39 is 4.92 Å². The molecule has 0 saturated heterocycles. The van der Waals surface area contributed by atoms with Gasteiger partial charge in [0.05, 0.1) is 23.9 Å². The first-order valence-corrected chi connectivity index (χ1v) is 6.58. The lowest BCUT2D eigenvalue weighted by molar-refractivity contribution is -0.389. The van der Waals surface area contributed by atoms with Crippen molar-refractivity contribution in [2.75, 3.05) is 6.54 Å². The van der Waals surface area contributed by atoms with E-state index in [-0.39, 0.29) is 5.82 Å². The van der Waals surface area contributed by atoms with Crippen LogP contribution in [0, 0.1) is 16.0 Å². The first kappa shape index (κ1) is 13.0. The highest BCUT2D eigenvalue weighted by Crippen LogP contribution is 2.23. The van der Waals surface area contributed by atoms with Crippen LogP contribution in [-0.2, 0) is 6.54 Å². The monoisotopic (exact) mass is 252 g/mol. The third kappa shape index (κ3) is 3.29. The number of nitro groups is 1. The molecule has 0 amide bonds. The molecule has 1 aromatic heterocycles. The molecule has 0 aliphatic heterocycles. The van der Waals surface area contributed by atoms with Crippen LogP contribution in [0.4, 0.5) is 5.82 Å². The molecular weight excluding hydrogens is 232 g/mol. The standard InChI is InChI=1S/C12H20N4O2/c1-10-4-2-3-5-11(10)13-7-9-15-8-6-12(14-15)16(17)18/h6,8,10-11,13H,2-5,7,9H2,1H3/t10-,11+/m1/s1. The summed E-state index contributed by atoms with van der Waals surface area (Å²) < 4.78 is 1.62. The van der Waals surface area contributed by atoms with Gasteiger partial charge >= 0.3 is 5.82 Å². The Morgan fingerprint density at radius 1 is 1.56 bits per heavy atom. The Morgan fingerprint density at radius 3 is 3.00 bits per heavy atom. The van der Waals surface area contributed by atoms with Gasteiger partial charge in [-0.2, -0.15) is 4.68 Å². The molecule has 2 atom stereocenters. The van der Waals surface area contributed by atoms with Crippen LogP contribution in [0.25, 0.3) is 0 Å². The maximum atomic E-state index is 10.5. The van der Waals surface area contributed by atoms with Crippen LogP contribution in [0.1, 0.15) is 32.6 Å². The summed E-state index contributed by atoms with van der Waals surface area (Å²) in [6.45, 7) is 3.78. The molecule has 0 unspecified atom stereocenters. The third-order valence-corrected chi connectivity index (χ3v) is 3.67. The molecule has 1 aliphatic carbocycles. The molecule has 0 radical (unpaired) electrons. The fourth-order valence-electron chi connectivity index (χ4n) is 2.56. The van der Waals surface area contributed by atoms with Crippen LogP contribution in [0.2, 0.25) is 0 Å². The number of aromatic nitrogens is 2. The maximum absolute atomic E-state index is 10.5. The number of rotatable bonds is 5. The van der Waals surface area contributed by atoms with Crippen molar-refractivity contribution >= 4 is 5.82 Å². The summed E-state index contributed by atoms with van der Waals surface area (Å²) in [4.78, 5) is 10.0. The van der Waals surface area contributed by atoms with Gasteiger partial charge in [-0.05, 0) is 23.7 Å². The van der Waals surface area contributed by atoms with Gasteiger partial charge in [0.1, 0.15) is 0 Å². The molecule has 100 valence electrons. The zero-order valence-corrected chi connectivity index (χ0v) is 10.7. The summed E-state index contributed by atoms with van der Waals surface area (Å²) in [5.41, 5.74) is 0. The van der Waals surface area contributed by atoms with Crippen molar-refractivity contribution in [1.29, 1.82) is 0 Å². The summed E-state index contributed by atoms with van der Waals surface area (Å²) in [5.74, 6) is 0.645. The predicted molar refractivity (Wildman–Crippen MR) is 68.3 cm³/mol. The average Bonchev–Trinajstić information content (AvgIpc) is 2.80. The molecule has 1 aliphatic rings. The largest absolute Gasteiger partial charge is 0.389 e. The van der Waals surface area contributed by atoms with Crippen molar-refractivity contribution in [3.05, 3.63) is 22.4 Å². The van der Waals surface area contributed by atoms with Crippen LogP contribution in [-0.4, -0.2) is 27.3 Å². The van der Waals surface area contributed by atoms with Gasteiger partial charge in [-0.25, -0.2) is 0 Å². The third-order valence-electron chi connectivity index (χ3n) is 3.67. The van der Waals surface area contributed by atoms with Crippen LogP contribution >= 0.6 is 0 Å². The number of nitrogens with one attached hydrogen (secondary N) is 1. The lowest BCUT2D eigenvalue weighted by atomic mass is 9.86. The minimum absolute atomic E-state index is 0.0824. The van der Waals surface area contributed by atoms with Gasteiger partial charge in [0.15, 0.2) is 0 Å². The average molecular weight is 252 g/mol. The molecule has 2 rings (SSSR count). The smallest absolute Gasteiger partial charge is 0.358 e. The molecule has 0 aromatic carbocycles. The highest BCUT2D eigenvalue weighted by Gasteiger charge is 2.20. The van der Waals surface area contributed by atoms with Crippen molar-refractivity contribution in [2.45, 2.75) is 45.2 Å². The highest BCUT2D eigenvalue weighted by molar-refractivity contribution is 5.13. The van der Waals surface area contributed by atoms with E-state index in [1.807, 2.05) is 0 Å². The van der Waals surface area contributed by atoms with E-state index in [2.05, 4.69) is 17.3 Å². The summed E-state index contributed by atoms with van der Waals surface area (Å²) in [6, 6.07) is 2.02. The van der Waals surface area contributed by atoms with Gasteiger partial charge in [0.25, 0.3) is 0 Å². The van der Waals surface area contributed by atoms with Crippen molar-refractivity contribution in [1.82, 2.24) is 15.1 Å². The quantitative estimate of drug-likeness (QED) is 0.642. The first-order chi connectivity index (χ1) is 8.66. The van der Waals surface area contributed by atoms with E-state index in [1.54, 1.807) is 10.9 Å². The summed E-state index contributed by atoms with van der Waals surface area (Å²) in [7, 11) is 0. The van der Waals surface area contributed by atoms with Crippen molar-refractivity contribution in [3.8, 4) is 0 Å². The number of nitrogens with zero attached hydrogens (tertiary/aromatic N) is 3. The minimum Gasteiger partial charge on any atom is -0.358 e. The fraction of sp³-hybridized carbons (Fsp3) is 0.750. The molecule has 0 spiro atoms. The van der Waals surface area contributed by atoms with Crippen LogP contribution in [0.5, 0.6) is 0 Å². The molecule has 6 heteroatoms. The summed E-state index contributed by atoms with van der Waals surface area (Å²) >= 11 is 0. The van der Waals surface area contributed by atoms with Gasteiger partial charge in [-0.3, -0.25) is 0 Å². The molecule has 6 nitrogen and oxygen atoms in total. The normalized spacial score (nSPS) is 24.1. The minimum atomic E-state index is -0.465. The van der Waals surface area contributed by atoms with Crippen molar-refractivity contribution < 1.29 is 4.92 Å². The van der Waals surface area contributed by atoms with Crippen LogP contribution in [0.3, 0.4) is 0 Å². The van der Waals surface area contributed by atoms with Crippen molar-refractivity contribution in [2.24, 2.45) is 5.92 Å². The lowest BCUT2D eigenvalue weighted by Crippen LogP contribution is -2.38. The van der Waals surface area contributed by atoms with E-state index in [4.69, 9.17) is 0 Å².